The van der Waals surface area contributed by atoms with Crippen molar-refractivity contribution in [2.24, 2.45) is 5.92 Å². The number of hydrogen-bond donors (Lipinski definition) is 1. The van der Waals surface area contributed by atoms with Crippen molar-refractivity contribution < 1.29 is 0 Å². The first kappa shape index (κ1) is 8.22. The number of rotatable bonds is 3. The number of nitrogens with zero attached hydrogens (tertiary/aromatic N) is 2. The van der Waals surface area contributed by atoms with Gasteiger partial charge >= 0.3 is 0 Å². The molecule has 0 saturated heterocycles. The number of hydrogen-bond acceptors (Lipinski definition) is 3. The van der Waals surface area contributed by atoms with Crippen molar-refractivity contribution in [1.29, 1.82) is 0 Å². The topological polar surface area (TPSA) is 37.8 Å². The summed E-state index contributed by atoms with van der Waals surface area (Å²) in [7, 11) is 0. The molecule has 64 valence electrons. The van der Waals surface area contributed by atoms with Gasteiger partial charge in [0.2, 0.25) is 5.95 Å². The van der Waals surface area contributed by atoms with Crippen LogP contribution in [0.15, 0.2) is 12.4 Å². The van der Waals surface area contributed by atoms with Crippen molar-refractivity contribution in [1.82, 2.24) is 9.97 Å². The van der Waals surface area contributed by atoms with Crippen LogP contribution in [0.25, 0.3) is 0 Å². The fraction of sp³-hybridized carbons (Fsp3) is 0.500. The molecule has 0 bridgehead atoms. The number of halogens is 1. The van der Waals surface area contributed by atoms with Gasteiger partial charge in [-0.3, -0.25) is 0 Å². The second-order valence-electron chi connectivity index (χ2n) is 3.05. The molecule has 0 aliphatic heterocycles. The van der Waals surface area contributed by atoms with Gasteiger partial charge in [0, 0.05) is 22.5 Å². The van der Waals surface area contributed by atoms with Crippen molar-refractivity contribution >= 4 is 28.5 Å². The molecule has 4 heteroatoms. The second-order valence-corrected chi connectivity index (χ2v) is 4.29. The molecular weight excluding hydrogens is 265 g/mol. The van der Waals surface area contributed by atoms with Gasteiger partial charge in [-0.2, -0.15) is 0 Å². The Morgan fingerprint density at radius 3 is 2.67 bits per heavy atom. The van der Waals surface area contributed by atoms with Gasteiger partial charge in [0.15, 0.2) is 0 Å². The van der Waals surface area contributed by atoms with Crippen LogP contribution in [0.3, 0.4) is 0 Å². The zero-order chi connectivity index (χ0) is 8.39. The lowest BCUT2D eigenvalue weighted by atomic mass is 10.4. The van der Waals surface area contributed by atoms with E-state index >= 15 is 0 Å². The molecule has 1 aliphatic carbocycles. The monoisotopic (exact) mass is 275 g/mol. The molecule has 1 aromatic rings. The molecule has 2 rings (SSSR count). The van der Waals surface area contributed by atoms with Crippen LogP contribution in [-0.4, -0.2) is 16.5 Å². The molecule has 0 radical (unpaired) electrons. The van der Waals surface area contributed by atoms with Crippen molar-refractivity contribution in [3.8, 4) is 0 Å². The van der Waals surface area contributed by atoms with E-state index in [0.717, 1.165) is 22.0 Å². The normalized spacial score (nSPS) is 16.1. The number of aromatic nitrogens is 2. The van der Waals surface area contributed by atoms with E-state index in [2.05, 4.69) is 37.9 Å². The first-order valence-electron chi connectivity index (χ1n) is 4.06. The summed E-state index contributed by atoms with van der Waals surface area (Å²) < 4.78 is 1.07. The maximum atomic E-state index is 4.15. The quantitative estimate of drug-likeness (QED) is 0.856. The molecule has 1 aliphatic rings. The van der Waals surface area contributed by atoms with Crippen LogP contribution in [0, 0.1) is 9.49 Å². The van der Waals surface area contributed by atoms with Gasteiger partial charge in [-0.05, 0) is 41.4 Å². The average molecular weight is 275 g/mol. The van der Waals surface area contributed by atoms with Crippen molar-refractivity contribution in [3.63, 3.8) is 0 Å². The Bertz CT molecular complexity index is 256. The first-order chi connectivity index (χ1) is 5.84. The van der Waals surface area contributed by atoms with Crippen LogP contribution >= 0.6 is 22.6 Å². The van der Waals surface area contributed by atoms with Gasteiger partial charge in [-0.1, -0.05) is 0 Å². The molecule has 12 heavy (non-hydrogen) atoms. The molecule has 0 unspecified atom stereocenters. The van der Waals surface area contributed by atoms with Gasteiger partial charge in [-0.25, -0.2) is 9.97 Å². The molecule has 0 atom stereocenters. The molecule has 1 fully saturated rings. The predicted molar refractivity (Wildman–Crippen MR) is 56.0 cm³/mol. The number of anilines is 1. The van der Waals surface area contributed by atoms with Gasteiger partial charge < -0.3 is 5.32 Å². The van der Waals surface area contributed by atoms with Crippen LogP contribution in [0.4, 0.5) is 5.95 Å². The highest BCUT2D eigenvalue weighted by Crippen LogP contribution is 2.28. The zero-order valence-electron chi connectivity index (χ0n) is 6.63. The first-order valence-corrected chi connectivity index (χ1v) is 5.14. The summed E-state index contributed by atoms with van der Waals surface area (Å²) in [5, 5.41) is 3.21. The highest BCUT2D eigenvalue weighted by molar-refractivity contribution is 14.1. The molecule has 1 aromatic heterocycles. The number of nitrogens with one attached hydrogen (secondary N) is 1. The highest BCUT2D eigenvalue weighted by atomic mass is 127. The average Bonchev–Trinajstić information content (AvgIpc) is 2.87. The van der Waals surface area contributed by atoms with E-state index in [0.29, 0.717) is 0 Å². The molecule has 0 spiro atoms. The summed E-state index contributed by atoms with van der Waals surface area (Å²) in [4.78, 5) is 8.30. The lowest BCUT2D eigenvalue weighted by Gasteiger charge is -2.01. The van der Waals surface area contributed by atoms with Gasteiger partial charge in [0.1, 0.15) is 0 Å². The third-order valence-electron chi connectivity index (χ3n) is 1.87. The summed E-state index contributed by atoms with van der Waals surface area (Å²) in [6.07, 6.45) is 6.36. The summed E-state index contributed by atoms with van der Waals surface area (Å²) >= 11 is 2.20. The Kier molecular flexibility index (Phi) is 2.43. The van der Waals surface area contributed by atoms with E-state index in [1.165, 1.54) is 12.8 Å². The highest BCUT2D eigenvalue weighted by Gasteiger charge is 2.20. The second kappa shape index (κ2) is 3.55. The lowest BCUT2D eigenvalue weighted by Crippen LogP contribution is -2.06. The largest absolute Gasteiger partial charge is 0.354 e. The Morgan fingerprint density at radius 2 is 2.08 bits per heavy atom. The smallest absolute Gasteiger partial charge is 0.222 e. The molecule has 3 nitrogen and oxygen atoms in total. The summed E-state index contributed by atoms with van der Waals surface area (Å²) in [5.41, 5.74) is 0. The Balaban J connectivity index is 1.89. The maximum absolute atomic E-state index is 4.15. The van der Waals surface area contributed by atoms with Crippen LogP contribution in [0.1, 0.15) is 12.8 Å². The van der Waals surface area contributed by atoms with E-state index in [1.54, 1.807) is 0 Å². The summed E-state index contributed by atoms with van der Waals surface area (Å²) in [6, 6.07) is 0. The minimum atomic E-state index is 0.752. The van der Waals surface area contributed by atoms with Gasteiger partial charge in [-0.15, -0.1) is 0 Å². The minimum absolute atomic E-state index is 0.752. The molecule has 1 saturated carbocycles. The van der Waals surface area contributed by atoms with Crippen LogP contribution in [-0.2, 0) is 0 Å². The predicted octanol–water partition coefficient (Wildman–Crippen LogP) is 1.90. The van der Waals surface area contributed by atoms with Crippen molar-refractivity contribution in [3.05, 3.63) is 16.0 Å². The van der Waals surface area contributed by atoms with E-state index in [4.69, 9.17) is 0 Å². The van der Waals surface area contributed by atoms with E-state index < -0.39 is 0 Å². The summed E-state index contributed by atoms with van der Waals surface area (Å²) in [5.74, 6) is 1.62. The van der Waals surface area contributed by atoms with E-state index in [-0.39, 0.29) is 0 Å². The molecule has 0 aromatic carbocycles. The lowest BCUT2D eigenvalue weighted by molar-refractivity contribution is 0.873. The molecule has 1 heterocycles. The third kappa shape index (κ3) is 2.30. The van der Waals surface area contributed by atoms with Gasteiger partial charge in [0.05, 0.1) is 0 Å². The van der Waals surface area contributed by atoms with Crippen LogP contribution in [0.2, 0.25) is 0 Å². The fourth-order valence-electron chi connectivity index (χ4n) is 0.961. The Morgan fingerprint density at radius 1 is 1.42 bits per heavy atom. The SMILES string of the molecule is Ic1cnc(NCC2CC2)nc1. The molecular formula is C8H10IN3. The minimum Gasteiger partial charge on any atom is -0.354 e. The van der Waals surface area contributed by atoms with Gasteiger partial charge in [0.25, 0.3) is 0 Å². The molecule has 1 N–H and O–H groups in total. The van der Waals surface area contributed by atoms with Crippen molar-refractivity contribution in [2.75, 3.05) is 11.9 Å². The van der Waals surface area contributed by atoms with Crippen LogP contribution in [0.5, 0.6) is 0 Å². The third-order valence-corrected chi connectivity index (χ3v) is 2.42. The standard InChI is InChI=1S/C8H10IN3/c9-7-4-11-8(12-5-7)10-3-6-1-2-6/h4-6H,1-3H2,(H,10,11,12). The Hall–Kier alpha value is -0.390. The zero-order valence-corrected chi connectivity index (χ0v) is 8.78. The Labute approximate surface area is 85.1 Å². The van der Waals surface area contributed by atoms with Crippen LogP contribution < -0.4 is 5.32 Å². The summed E-state index contributed by atoms with van der Waals surface area (Å²) in [6.45, 7) is 1.03. The maximum Gasteiger partial charge on any atom is 0.222 e. The molecule has 0 amide bonds. The van der Waals surface area contributed by atoms with Crippen molar-refractivity contribution in [2.45, 2.75) is 12.8 Å². The van der Waals surface area contributed by atoms with E-state index in [9.17, 15) is 0 Å². The fourth-order valence-corrected chi connectivity index (χ4v) is 1.24. The van der Waals surface area contributed by atoms with E-state index in [1.807, 2.05) is 12.4 Å².